The van der Waals surface area contributed by atoms with Gasteiger partial charge in [0.1, 0.15) is 17.6 Å². The van der Waals surface area contributed by atoms with Crippen LogP contribution in [-0.2, 0) is 19.1 Å². The Hall–Kier alpha value is -1.91. The van der Waals surface area contributed by atoms with Crippen LogP contribution in [0.15, 0.2) is 22.5 Å². The molecule has 0 amide bonds. The molecule has 0 saturated heterocycles. The van der Waals surface area contributed by atoms with Gasteiger partial charge in [0, 0.05) is 6.61 Å². The molecule has 1 heterocycles. The van der Waals surface area contributed by atoms with Gasteiger partial charge in [-0.05, 0) is 13.8 Å². The monoisotopic (exact) mass is 239 g/mol. The molecule has 6 heteroatoms. The molecule has 1 aliphatic heterocycles. The number of ether oxygens (including phenoxy) is 2. The van der Waals surface area contributed by atoms with Crippen LogP contribution in [0.3, 0.4) is 0 Å². The Morgan fingerprint density at radius 2 is 2.24 bits per heavy atom. The molecular weight excluding hydrogens is 226 g/mol. The van der Waals surface area contributed by atoms with Crippen LogP contribution >= 0.6 is 0 Å². The maximum Gasteiger partial charge on any atom is 0.353 e. The van der Waals surface area contributed by atoms with Crippen LogP contribution in [0.2, 0.25) is 0 Å². The molecule has 17 heavy (non-hydrogen) atoms. The third-order valence-electron chi connectivity index (χ3n) is 2.06. The summed E-state index contributed by atoms with van der Waals surface area (Å²) in [4.78, 5) is 25.6. The summed E-state index contributed by atoms with van der Waals surface area (Å²) in [5.41, 5.74) is -0.213. The van der Waals surface area contributed by atoms with Gasteiger partial charge in [0.25, 0.3) is 0 Å². The molecule has 0 aromatic heterocycles. The largest absolute Gasteiger partial charge is 0.491 e. The predicted octanol–water partition coefficient (Wildman–Crippen LogP) is 0.567. The Balaban J connectivity index is 3.15. The molecule has 0 saturated carbocycles. The predicted molar refractivity (Wildman–Crippen MR) is 59.4 cm³/mol. The molecule has 1 atom stereocenters. The summed E-state index contributed by atoms with van der Waals surface area (Å²) in [7, 11) is 0. The molecule has 92 valence electrons. The molecule has 1 rings (SSSR count). The van der Waals surface area contributed by atoms with Crippen molar-refractivity contribution >= 4 is 17.6 Å². The Labute approximate surface area is 98.2 Å². The third-order valence-corrected chi connectivity index (χ3v) is 2.06. The Bertz CT molecular complexity index is 418. The van der Waals surface area contributed by atoms with E-state index in [0.717, 1.165) is 0 Å². The smallest absolute Gasteiger partial charge is 0.353 e. The van der Waals surface area contributed by atoms with Crippen LogP contribution in [0.25, 0.3) is 0 Å². The van der Waals surface area contributed by atoms with Gasteiger partial charge in [0.15, 0.2) is 11.5 Å². The normalized spacial score (nSPS) is 19.2. The Morgan fingerprint density at radius 3 is 2.71 bits per heavy atom. The molecule has 6 nitrogen and oxygen atoms in total. The topological polar surface area (TPSA) is 85.2 Å². The van der Waals surface area contributed by atoms with Gasteiger partial charge >= 0.3 is 5.97 Å². The number of carboxylic acids is 1. The maximum absolute atomic E-state index is 10.9. The van der Waals surface area contributed by atoms with Crippen molar-refractivity contribution in [3.05, 3.63) is 17.5 Å². The van der Waals surface area contributed by atoms with E-state index >= 15 is 0 Å². The highest BCUT2D eigenvalue weighted by molar-refractivity contribution is 6.39. The van der Waals surface area contributed by atoms with E-state index in [1.54, 1.807) is 19.8 Å². The standard InChI is InChI=1S/C11H13NO5/c1-3-16-8-5-12-9(11(14)15)10(17-4-2)7(8)6-13/h5,10H,3-4H2,1-2H3,(H,14,15). The molecule has 0 radical (unpaired) electrons. The number of rotatable bonds is 5. The van der Waals surface area contributed by atoms with Gasteiger partial charge in [-0.3, -0.25) is 0 Å². The van der Waals surface area contributed by atoms with Crippen molar-refractivity contribution in [2.24, 2.45) is 4.99 Å². The summed E-state index contributed by atoms with van der Waals surface area (Å²) in [6.07, 6.45) is 0.171. The highest BCUT2D eigenvalue weighted by Gasteiger charge is 2.33. The molecule has 1 unspecified atom stereocenters. The van der Waals surface area contributed by atoms with E-state index < -0.39 is 12.1 Å². The van der Waals surface area contributed by atoms with Gasteiger partial charge in [-0.1, -0.05) is 0 Å². The number of hydrogen-bond acceptors (Lipinski definition) is 5. The zero-order valence-corrected chi connectivity index (χ0v) is 9.60. The number of hydrogen-bond donors (Lipinski definition) is 1. The van der Waals surface area contributed by atoms with Crippen LogP contribution in [0.1, 0.15) is 13.8 Å². The van der Waals surface area contributed by atoms with Crippen LogP contribution in [0.5, 0.6) is 0 Å². The van der Waals surface area contributed by atoms with Gasteiger partial charge in [-0.15, -0.1) is 0 Å². The summed E-state index contributed by atoms with van der Waals surface area (Å²) in [6, 6.07) is 0. The summed E-state index contributed by atoms with van der Waals surface area (Å²) >= 11 is 0. The molecule has 0 aromatic carbocycles. The SMILES string of the molecule is CCOC1=CN=C(C(=O)O)C(OCC)C1=C=O. The number of aliphatic imine (C=N–C) groups is 1. The van der Waals surface area contributed by atoms with Gasteiger partial charge < -0.3 is 14.6 Å². The van der Waals surface area contributed by atoms with Crippen LogP contribution < -0.4 is 0 Å². The van der Waals surface area contributed by atoms with Crippen molar-refractivity contribution in [1.82, 2.24) is 0 Å². The molecule has 0 aliphatic carbocycles. The number of nitrogens with zero attached hydrogens (tertiary/aromatic N) is 1. The quantitative estimate of drug-likeness (QED) is 0.709. The van der Waals surface area contributed by atoms with Crippen molar-refractivity contribution in [1.29, 1.82) is 0 Å². The zero-order valence-electron chi connectivity index (χ0n) is 9.60. The minimum absolute atomic E-state index is 0.0288. The summed E-state index contributed by atoms with van der Waals surface area (Å²) in [5, 5.41) is 8.94. The second-order valence-electron chi connectivity index (χ2n) is 3.10. The molecular formula is C11H13NO5. The Morgan fingerprint density at radius 1 is 1.53 bits per heavy atom. The fraction of sp³-hybridized carbons (Fsp3) is 0.455. The lowest BCUT2D eigenvalue weighted by Crippen LogP contribution is -2.36. The molecule has 0 bridgehead atoms. The van der Waals surface area contributed by atoms with Crippen molar-refractivity contribution < 1.29 is 24.2 Å². The van der Waals surface area contributed by atoms with Gasteiger partial charge in [0.2, 0.25) is 0 Å². The Kier molecular flexibility index (Phi) is 4.63. The highest BCUT2D eigenvalue weighted by atomic mass is 16.5. The second-order valence-corrected chi connectivity index (χ2v) is 3.10. The number of carboxylic acid groups (broad SMARTS) is 1. The van der Waals surface area contributed by atoms with E-state index in [0.29, 0.717) is 6.61 Å². The summed E-state index contributed by atoms with van der Waals surface area (Å²) < 4.78 is 10.4. The van der Waals surface area contributed by atoms with E-state index in [2.05, 4.69) is 4.99 Å². The maximum atomic E-state index is 10.9. The lowest BCUT2D eigenvalue weighted by atomic mass is 10.0. The first-order chi connectivity index (χ1) is 8.15. The van der Waals surface area contributed by atoms with E-state index in [1.165, 1.54) is 6.20 Å². The average Bonchev–Trinajstić information content (AvgIpc) is 2.30. The van der Waals surface area contributed by atoms with E-state index in [4.69, 9.17) is 14.6 Å². The average molecular weight is 239 g/mol. The summed E-state index contributed by atoms with van der Waals surface area (Å²) in [6.45, 7) is 4.03. The number of carbonyl (C=O) groups is 1. The minimum Gasteiger partial charge on any atom is -0.491 e. The van der Waals surface area contributed by atoms with Gasteiger partial charge in [0.05, 0.1) is 12.8 Å². The number of aliphatic carboxylic acids is 1. The summed E-state index contributed by atoms with van der Waals surface area (Å²) in [5.74, 6) is 0.629. The molecule has 1 N–H and O–H groups in total. The zero-order chi connectivity index (χ0) is 12.8. The lowest BCUT2D eigenvalue weighted by Gasteiger charge is -2.22. The molecule has 0 aromatic rings. The molecule has 0 spiro atoms. The van der Waals surface area contributed by atoms with Crippen molar-refractivity contribution in [3.8, 4) is 0 Å². The fourth-order valence-electron chi connectivity index (χ4n) is 1.40. The third kappa shape index (κ3) is 2.81. The van der Waals surface area contributed by atoms with Gasteiger partial charge in [-0.25, -0.2) is 14.6 Å². The van der Waals surface area contributed by atoms with Crippen molar-refractivity contribution in [2.75, 3.05) is 13.2 Å². The van der Waals surface area contributed by atoms with Gasteiger partial charge in [-0.2, -0.15) is 0 Å². The van der Waals surface area contributed by atoms with Crippen LogP contribution in [-0.4, -0.2) is 42.0 Å². The van der Waals surface area contributed by atoms with Crippen LogP contribution in [0, 0.1) is 0 Å². The molecule has 0 fully saturated rings. The van der Waals surface area contributed by atoms with E-state index in [9.17, 15) is 9.59 Å². The molecule has 1 aliphatic rings. The van der Waals surface area contributed by atoms with E-state index in [1.807, 2.05) is 0 Å². The van der Waals surface area contributed by atoms with Crippen molar-refractivity contribution in [2.45, 2.75) is 20.0 Å². The minimum atomic E-state index is -1.23. The first-order valence-electron chi connectivity index (χ1n) is 5.16. The lowest BCUT2D eigenvalue weighted by molar-refractivity contribution is -0.130. The fourth-order valence-corrected chi connectivity index (χ4v) is 1.40. The van der Waals surface area contributed by atoms with E-state index in [-0.39, 0.29) is 23.7 Å². The first-order valence-corrected chi connectivity index (χ1v) is 5.16. The highest BCUT2D eigenvalue weighted by Crippen LogP contribution is 2.22. The second kappa shape index (κ2) is 5.98. The van der Waals surface area contributed by atoms with Crippen molar-refractivity contribution in [3.63, 3.8) is 0 Å². The van der Waals surface area contributed by atoms with Crippen LogP contribution in [0.4, 0.5) is 0 Å². The first kappa shape index (κ1) is 13.2. The number of carbonyl (C=O) groups excluding carboxylic acids is 1.